The van der Waals surface area contributed by atoms with E-state index in [1.54, 1.807) is 32.7 Å². The third-order valence-corrected chi connectivity index (χ3v) is 16.6. The summed E-state index contributed by atoms with van der Waals surface area (Å²) in [7, 11) is 9.10. The molecule has 5 unspecified atom stereocenters. The molecule has 3 aliphatic heterocycles. The van der Waals surface area contributed by atoms with Gasteiger partial charge in [-0.1, -0.05) is 32.1 Å². The Bertz CT molecular complexity index is 1780. The Morgan fingerprint density at radius 2 is 1.56 bits per heavy atom. The van der Waals surface area contributed by atoms with E-state index in [2.05, 4.69) is 45.0 Å². The third-order valence-electron chi connectivity index (χ3n) is 15.7. The zero-order valence-electron chi connectivity index (χ0n) is 37.6. The van der Waals surface area contributed by atoms with Crippen molar-refractivity contribution in [2.24, 2.45) is 47.3 Å². The van der Waals surface area contributed by atoms with Gasteiger partial charge in [0, 0.05) is 55.6 Å². The van der Waals surface area contributed by atoms with Crippen LogP contribution in [0.2, 0.25) is 0 Å². The van der Waals surface area contributed by atoms with Crippen LogP contribution in [-0.4, -0.2) is 125 Å². The molecule has 61 heavy (non-hydrogen) atoms. The topological polar surface area (TPSA) is 128 Å². The number of nitrogens with zero attached hydrogens (tertiary/aromatic N) is 1. The Balaban J connectivity index is 1.12. The number of carbonyl (C=O) groups excluding carboxylic acids is 3. The van der Waals surface area contributed by atoms with Crippen LogP contribution in [0.5, 0.6) is 0 Å². The maximum Gasteiger partial charge on any atom is 0.306 e. The number of likely N-dealkylation sites (N-methyl/N-ethyl adjacent to an activating group) is 1. The second-order valence-corrected chi connectivity index (χ2v) is 20.1. The Morgan fingerprint density at radius 1 is 0.820 bits per heavy atom. The smallest absolute Gasteiger partial charge is 0.306 e. The first-order valence-electron chi connectivity index (χ1n) is 23.0. The molecule has 0 radical (unpaired) electrons. The SMILES string of the molecule is CC[C@H]1CCC[C@H](O[C@H]2CC[C@H](N(C)C)C(C)O2)[C@@H](C)C(=O)C2=C[C@H]3[C@@H]4C[C@H](O[C@@H]5OC(C)[C@H](OC)C(OC)[C@@H]5OC)C[C@H]4C4C=C(c5cccs5)C(=O)C4[C@H]3[C@@H]2CC(=O)O1. The van der Waals surface area contributed by atoms with E-state index in [4.69, 9.17) is 37.9 Å². The molecular weight excluding hydrogens is 799 g/mol. The van der Waals surface area contributed by atoms with Gasteiger partial charge in [0.2, 0.25) is 0 Å². The van der Waals surface area contributed by atoms with E-state index in [0.29, 0.717) is 30.9 Å². The fourth-order valence-electron chi connectivity index (χ4n) is 12.8. The van der Waals surface area contributed by atoms with Gasteiger partial charge in [0.25, 0.3) is 0 Å². The quantitative estimate of drug-likeness (QED) is 0.227. The van der Waals surface area contributed by atoms with Crippen molar-refractivity contribution in [2.45, 2.75) is 153 Å². The third kappa shape index (κ3) is 8.66. The number of methoxy groups -OCH3 is 3. The van der Waals surface area contributed by atoms with Crippen molar-refractivity contribution in [3.63, 3.8) is 0 Å². The highest BCUT2D eigenvalue weighted by molar-refractivity contribution is 7.11. The molecule has 4 heterocycles. The fourth-order valence-corrected chi connectivity index (χ4v) is 13.5. The minimum absolute atomic E-state index is 0.00135. The van der Waals surface area contributed by atoms with Crippen LogP contribution in [0.1, 0.15) is 90.4 Å². The van der Waals surface area contributed by atoms with Crippen LogP contribution >= 0.6 is 11.3 Å². The van der Waals surface area contributed by atoms with Crippen molar-refractivity contribution in [3.8, 4) is 0 Å². The number of rotatable bonds is 10. The second-order valence-electron chi connectivity index (χ2n) is 19.1. The molecule has 12 nitrogen and oxygen atoms in total. The minimum Gasteiger partial charge on any atom is -0.462 e. The van der Waals surface area contributed by atoms with Gasteiger partial charge < -0.3 is 42.8 Å². The maximum atomic E-state index is 15.2. The van der Waals surface area contributed by atoms with Gasteiger partial charge in [-0.3, -0.25) is 14.4 Å². The summed E-state index contributed by atoms with van der Waals surface area (Å²) in [5.74, 6) is -1.65. The van der Waals surface area contributed by atoms with Crippen LogP contribution in [0.3, 0.4) is 0 Å². The van der Waals surface area contributed by atoms with Gasteiger partial charge >= 0.3 is 5.97 Å². The molecule has 2 saturated carbocycles. The lowest BCUT2D eigenvalue weighted by atomic mass is 9.57. The van der Waals surface area contributed by atoms with Crippen LogP contribution in [0, 0.1) is 47.3 Å². The number of thiophene rings is 1. The lowest BCUT2D eigenvalue weighted by Gasteiger charge is -2.45. The Kier molecular flexibility index (Phi) is 14.1. The summed E-state index contributed by atoms with van der Waals surface area (Å²) in [4.78, 5) is 47.4. The molecule has 0 spiro atoms. The van der Waals surface area contributed by atoms with E-state index in [9.17, 15) is 9.59 Å². The number of esters is 1. The molecule has 5 fully saturated rings. The molecule has 0 amide bonds. The first-order valence-corrected chi connectivity index (χ1v) is 23.9. The van der Waals surface area contributed by atoms with Gasteiger partial charge in [-0.15, -0.1) is 11.3 Å². The number of ketones is 2. The molecular formula is C48H69NO11S. The first-order chi connectivity index (χ1) is 29.4. The molecule has 0 bridgehead atoms. The average molecular weight is 868 g/mol. The number of allylic oxidation sites excluding steroid dienone is 4. The van der Waals surface area contributed by atoms with Crippen LogP contribution in [-0.2, 0) is 52.3 Å². The van der Waals surface area contributed by atoms with Crippen molar-refractivity contribution in [1.29, 1.82) is 0 Å². The predicted octanol–water partition coefficient (Wildman–Crippen LogP) is 6.89. The van der Waals surface area contributed by atoms with E-state index in [0.717, 1.165) is 42.6 Å². The van der Waals surface area contributed by atoms with E-state index >= 15 is 4.79 Å². The zero-order chi connectivity index (χ0) is 43.3. The summed E-state index contributed by atoms with van der Waals surface area (Å²) in [5, 5.41) is 2.01. The van der Waals surface area contributed by atoms with Crippen LogP contribution in [0.4, 0.5) is 0 Å². The standard InChI is InChI=1S/C48H69NO11S/c1-10-27-13-11-14-37(60-40-17-16-36(49(5)6)25(3)56-40)24(2)43(51)34-21-31-29-19-28(59-48-47(55-9)46(54-8)45(53-7)26(4)57-48)20-30(29)32-22-35(38-15-12-18-61-38)44(52)42(32)41(31)33(34)23-39(50)58-27/h12,15,18,21-22,24-33,36-37,40-42,45-48H,10-11,13-14,16-17,19-20,23H2,1-9H3/t24-,25?,26?,27+,28+,29-,30-,31+,32?,33-,36+,37+,40+,41-,42?,45+,46?,47+,48+/m1/s1. The van der Waals surface area contributed by atoms with E-state index < -0.39 is 36.6 Å². The first kappa shape index (κ1) is 45.2. The lowest BCUT2D eigenvalue weighted by molar-refractivity contribution is -0.314. The van der Waals surface area contributed by atoms with Gasteiger partial charge in [0.05, 0.1) is 30.8 Å². The van der Waals surface area contributed by atoms with Crippen molar-refractivity contribution in [2.75, 3.05) is 35.4 Å². The summed E-state index contributed by atoms with van der Waals surface area (Å²) >= 11 is 1.57. The number of ether oxygens (including phenoxy) is 8. The Morgan fingerprint density at radius 3 is 2.21 bits per heavy atom. The number of Topliss-reactive ketones (excluding diaryl/α,β-unsaturated/α-hetero) is 2. The second kappa shape index (κ2) is 19.0. The molecule has 13 heteroatoms. The molecule has 19 atom stereocenters. The molecule has 7 aliphatic rings. The fraction of sp³-hybridized carbons (Fsp3) is 0.771. The highest BCUT2D eigenvalue weighted by Gasteiger charge is 2.62. The Hall–Kier alpha value is -2.33. The largest absolute Gasteiger partial charge is 0.462 e. The van der Waals surface area contributed by atoms with E-state index in [-0.39, 0.29) is 96.1 Å². The molecule has 1 aromatic heterocycles. The van der Waals surface area contributed by atoms with Gasteiger partial charge in [0.15, 0.2) is 24.1 Å². The van der Waals surface area contributed by atoms with Gasteiger partial charge in [0.1, 0.15) is 24.4 Å². The number of hydrogen-bond acceptors (Lipinski definition) is 13. The number of fused-ring (bicyclic) bond motifs is 8. The summed E-state index contributed by atoms with van der Waals surface area (Å²) in [6.07, 6.45) is 7.01. The summed E-state index contributed by atoms with van der Waals surface area (Å²) < 4.78 is 50.4. The number of carbonyl (C=O) groups is 3. The average Bonchev–Trinajstić information content (AvgIpc) is 4.05. The number of hydrogen-bond donors (Lipinski definition) is 0. The molecule has 8 rings (SSSR count). The summed E-state index contributed by atoms with van der Waals surface area (Å²) in [5.41, 5.74) is 1.42. The van der Waals surface area contributed by atoms with Gasteiger partial charge in [-0.2, -0.15) is 0 Å². The highest BCUT2D eigenvalue weighted by Crippen LogP contribution is 2.64. The molecule has 0 N–H and O–H groups in total. The van der Waals surface area contributed by atoms with Gasteiger partial charge in [-0.05, 0) is 126 Å². The lowest BCUT2D eigenvalue weighted by Crippen LogP contribution is -2.59. The van der Waals surface area contributed by atoms with Crippen molar-refractivity contribution in [1.82, 2.24) is 4.90 Å². The number of cyclic esters (lactones) is 1. The summed E-state index contributed by atoms with van der Waals surface area (Å²) in [6.45, 7) is 8.10. The molecule has 4 aliphatic carbocycles. The molecule has 3 saturated heterocycles. The van der Waals surface area contributed by atoms with Gasteiger partial charge in [-0.25, -0.2) is 0 Å². The Labute approximate surface area is 366 Å². The predicted molar refractivity (Wildman–Crippen MR) is 229 cm³/mol. The zero-order valence-corrected chi connectivity index (χ0v) is 38.4. The minimum atomic E-state index is -0.682. The maximum absolute atomic E-state index is 15.2. The monoisotopic (exact) mass is 867 g/mol. The summed E-state index contributed by atoms with van der Waals surface area (Å²) in [6, 6.07) is 4.31. The van der Waals surface area contributed by atoms with Crippen molar-refractivity contribution < 1.29 is 52.3 Å². The van der Waals surface area contributed by atoms with Crippen LogP contribution in [0.25, 0.3) is 5.57 Å². The van der Waals surface area contributed by atoms with E-state index in [1.807, 2.05) is 31.4 Å². The van der Waals surface area contributed by atoms with Crippen molar-refractivity contribution >= 4 is 34.4 Å². The highest BCUT2D eigenvalue weighted by atomic mass is 32.1. The normalized spacial score (nSPS) is 44.3. The molecule has 1 aromatic rings. The van der Waals surface area contributed by atoms with Crippen LogP contribution in [0.15, 0.2) is 35.2 Å². The molecule has 338 valence electrons. The van der Waals surface area contributed by atoms with E-state index in [1.165, 1.54) is 0 Å². The molecule has 0 aromatic carbocycles. The van der Waals surface area contributed by atoms with Crippen molar-refractivity contribution in [3.05, 3.63) is 40.1 Å². The van der Waals surface area contributed by atoms with Crippen LogP contribution < -0.4 is 0 Å².